The van der Waals surface area contributed by atoms with Gasteiger partial charge in [0.25, 0.3) is 0 Å². The molecule has 0 unspecified atom stereocenters. The second-order valence-corrected chi connectivity index (χ2v) is 7.66. The predicted molar refractivity (Wildman–Crippen MR) is 110 cm³/mol. The average Bonchev–Trinajstić information content (AvgIpc) is 2.72. The van der Waals surface area contributed by atoms with Crippen LogP contribution in [-0.4, -0.2) is 60.4 Å². The Labute approximate surface area is 181 Å². The fraction of sp³-hybridized carbons (Fsp3) is 0.524. The zero-order chi connectivity index (χ0) is 23.4. The minimum Gasteiger partial charge on any atom is -0.467 e. The Morgan fingerprint density at radius 2 is 1.65 bits per heavy atom. The summed E-state index contributed by atoms with van der Waals surface area (Å²) in [7, 11) is 1.13. The maximum Gasteiger partial charge on any atom is 0.408 e. The average molecular weight is 438 g/mol. The first-order valence-corrected chi connectivity index (χ1v) is 9.74. The van der Waals surface area contributed by atoms with Crippen molar-refractivity contribution in [3.63, 3.8) is 0 Å². The smallest absolute Gasteiger partial charge is 0.408 e. The molecule has 172 valence electrons. The Hall–Kier alpha value is -3.14. The summed E-state index contributed by atoms with van der Waals surface area (Å²) in [5.74, 6) is -2.15. The number of nitrogens with one attached hydrogen (secondary N) is 2. The molecule has 1 rings (SSSR count). The predicted octanol–water partition coefficient (Wildman–Crippen LogP) is 1.05. The number of aliphatic hydroxyl groups excluding tert-OH is 1. The third-order valence-corrected chi connectivity index (χ3v) is 3.86. The molecule has 31 heavy (non-hydrogen) atoms. The van der Waals surface area contributed by atoms with Crippen molar-refractivity contribution >= 4 is 23.9 Å². The second-order valence-electron chi connectivity index (χ2n) is 7.66. The fourth-order valence-corrected chi connectivity index (χ4v) is 2.39. The number of aliphatic hydroxyl groups is 1. The number of rotatable bonds is 10. The first-order chi connectivity index (χ1) is 14.6. The Balaban J connectivity index is 2.70. The molecule has 3 N–H and O–H groups in total. The summed E-state index contributed by atoms with van der Waals surface area (Å²) < 4.78 is 14.9. The van der Waals surface area contributed by atoms with Crippen molar-refractivity contribution in [1.82, 2.24) is 10.6 Å². The molecule has 0 radical (unpaired) electrons. The molecule has 0 heterocycles. The third-order valence-electron chi connectivity index (χ3n) is 3.86. The van der Waals surface area contributed by atoms with Crippen LogP contribution in [0.25, 0.3) is 0 Å². The molecule has 0 fully saturated rings. The lowest BCUT2D eigenvalue weighted by atomic mass is 10.1. The van der Waals surface area contributed by atoms with Crippen LogP contribution < -0.4 is 10.6 Å². The van der Waals surface area contributed by atoms with Crippen molar-refractivity contribution in [1.29, 1.82) is 0 Å². The van der Waals surface area contributed by atoms with E-state index in [-0.39, 0.29) is 19.4 Å². The van der Waals surface area contributed by atoms with Gasteiger partial charge in [-0.2, -0.15) is 0 Å². The Kier molecular flexibility index (Phi) is 10.5. The van der Waals surface area contributed by atoms with Crippen molar-refractivity contribution in [2.45, 2.75) is 57.9 Å². The van der Waals surface area contributed by atoms with Gasteiger partial charge in [0.15, 0.2) is 6.04 Å². The van der Waals surface area contributed by atoms with Gasteiger partial charge in [-0.25, -0.2) is 14.4 Å². The molecule has 1 aromatic carbocycles. The third kappa shape index (κ3) is 10.4. The normalized spacial score (nSPS) is 12.8. The minimum atomic E-state index is -1.22. The van der Waals surface area contributed by atoms with Crippen molar-refractivity contribution in [3.05, 3.63) is 35.9 Å². The SMILES string of the molecule is COC(=O)[C@H](CO)NC(=O)CC[C@H](NC(=O)OCc1ccccc1)C(=O)OC(C)(C)C. The van der Waals surface area contributed by atoms with E-state index in [1.54, 1.807) is 45.0 Å². The zero-order valence-corrected chi connectivity index (χ0v) is 18.2. The highest BCUT2D eigenvalue weighted by molar-refractivity contribution is 5.86. The number of alkyl carbamates (subject to hydrolysis) is 1. The van der Waals surface area contributed by atoms with Gasteiger partial charge >= 0.3 is 18.0 Å². The van der Waals surface area contributed by atoms with E-state index in [1.165, 1.54) is 0 Å². The van der Waals surface area contributed by atoms with Gasteiger partial charge in [0.05, 0.1) is 13.7 Å². The molecular formula is C21H30N2O8. The van der Waals surface area contributed by atoms with Gasteiger partial charge in [-0.15, -0.1) is 0 Å². The lowest BCUT2D eigenvalue weighted by Crippen LogP contribution is -2.47. The Bertz CT molecular complexity index is 745. The Morgan fingerprint density at radius 1 is 1.00 bits per heavy atom. The zero-order valence-electron chi connectivity index (χ0n) is 18.2. The van der Waals surface area contributed by atoms with E-state index in [0.717, 1.165) is 12.7 Å². The first kappa shape index (κ1) is 25.9. The van der Waals surface area contributed by atoms with Gasteiger partial charge in [0, 0.05) is 6.42 Å². The van der Waals surface area contributed by atoms with Crippen LogP contribution in [0.1, 0.15) is 39.2 Å². The van der Waals surface area contributed by atoms with Crippen LogP contribution in [0.2, 0.25) is 0 Å². The number of hydrogen-bond acceptors (Lipinski definition) is 8. The first-order valence-electron chi connectivity index (χ1n) is 9.74. The molecule has 0 aliphatic rings. The minimum absolute atomic E-state index is 0.00546. The standard InChI is InChI=1S/C21H30N2O8/c1-21(2,3)31-19(27)15(10-11-17(25)22-16(12-24)18(26)29-4)23-20(28)30-13-14-8-6-5-7-9-14/h5-9,15-16,24H,10-13H2,1-4H3,(H,22,25)(H,23,28)/t15-,16-/m0/s1. The molecule has 0 aliphatic carbocycles. The molecule has 0 aliphatic heterocycles. The largest absolute Gasteiger partial charge is 0.467 e. The molecule has 10 heteroatoms. The topological polar surface area (TPSA) is 140 Å². The maximum atomic E-state index is 12.5. The van der Waals surface area contributed by atoms with E-state index in [0.29, 0.717) is 0 Å². The number of methoxy groups -OCH3 is 1. The summed E-state index contributed by atoms with van der Waals surface area (Å²) in [4.78, 5) is 48.2. The molecule has 2 atom stereocenters. The Morgan fingerprint density at radius 3 is 2.19 bits per heavy atom. The van der Waals surface area contributed by atoms with E-state index in [2.05, 4.69) is 15.4 Å². The molecule has 10 nitrogen and oxygen atoms in total. The molecule has 0 bridgehead atoms. The number of amides is 2. The highest BCUT2D eigenvalue weighted by Crippen LogP contribution is 2.11. The molecular weight excluding hydrogens is 408 g/mol. The van der Waals surface area contributed by atoms with Crippen LogP contribution in [-0.2, 0) is 35.2 Å². The van der Waals surface area contributed by atoms with Gasteiger partial charge < -0.3 is 30.0 Å². The van der Waals surface area contributed by atoms with Crippen molar-refractivity contribution in [2.75, 3.05) is 13.7 Å². The van der Waals surface area contributed by atoms with Crippen LogP contribution in [0.4, 0.5) is 4.79 Å². The summed E-state index contributed by atoms with van der Waals surface area (Å²) in [6.07, 6.45) is -1.18. The van der Waals surface area contributed by atoms with Gasteiger partial charge in [0.1, 0.15) is 18.2 Å². The summed E-state index contributed by atoms with van der Waals surface area (Å²) in [6.45, 7) is 4.38. The van der Waals surface area contributed by atoms with E-state index >= 15 is 0 Å². The summed E-state index contributed by atoms with van der Waals surface area (Å²) in [5.41, 5.74) is -0.0382. The summed E-state index contributed by atoms with van der Waals surface area (Å²) in [5, 5.41) is 13.9. The van der Waals surface area contributed by atoms with Gasteiger partial charge in [0.2, 0.25) is 5.91 Å². The molecule has 0 saturated carbocycles. The summed E-state index contributed by atoms with van der Waals surface area (Å²) in [6, 6.07) is 6.61. The quantitative estimate of drug-likeness (QED) is 0.364. The number of benzene rings is 1. The number of carbonyl (C=O) groups is 4. The molecule has 2 amide bonds. The number of carbonyl (C=O) groups excluding carboxylic acids is 4. The van der Waals surface area contributed by atoms with Crippen LogP contribution in [0, 0.1) is 0 Å². The van der Waals surface area contributed by atoms with E-state index < -0.39 is 48.2 Å². The van der Waals surface area contributed by atoms with E-state index in [9.17, 15) is 24.3 Å². The highest BCUT2D eigenvalue weighted by Gasteiger charge is 2.28. The fourth-order valence-electron chi connectivity index (χ4n) is 2.39. The highest BCUT2D eigenvalue weighted by atomic mass is 16.6. The van der Waals surface area contributed by atoms with E-state index in [1.807, 2.05) is 6.07 Å². The molecule has 0 spiro atoms. The van der Waals surface area contributed by atoms with Crippen molar-refractivity contribution in [2.24, 2.45) is 0 Å². The van der Waals surface area contributed by atoms with Crippen LogP contribution in [0.15, 0.2) is 30.3 Å². The van der Waals surface area contributed by atoms with Crippen LogP contribution in [0.5, 0.6) is 0 Å². The lowest BCUT2D eigenvalue weighted by Gasteiger charge is -2.24. The molecule has 1 aromatic rings. The molecule has 0 aromatic heterocycles. The molecule has 0 saturated heterocycles. The van der Waals surface area contributed by atoms with Crippen molar-refractivity contribution < 1.29 is 38.5 Å². The second kappa shape index (κ2) is 12.5. The number of hydrogen-bond donors (Lipinski definition) is 3. The van der Waals surface area contributed by atoms with Crippen LogP contribution in [0.3, 0.4) is 0 Å². The van der Waals surface area contributed by atoms with Gasteiger partial charge in [-0.3, -0.25) is 4.79 Å². The van der Waals surface area contributed by atoms with Gasteiger partial charge in [-0.1, -0.05) is 30.3 Å². The van der Waals surface area contributed by atoms with Gasteiger partial charge in [-0.05, 0) is 32.8 Å². The monoisotopic (exact) mass is 438 g/mol. The van der Waals surface area contributed by atoms with E-state index in [4.69, 9.17) is 9.47 Å². The van der Waals surface area contributed by atoms with Crippen molar-refractivity contribution in [3.8, 4) is 0 Å². The maximum absolute atomic E-state index is 12.5. The number of esters is 2. The summed E-state index contributed by atoms with van der Waals surface area (Å²) >= 11 is 0. The number of ether oxygens (including phenoxy) is 3. The lowest BCUT2D eigenvalue weighted by molar-refractivity contribution is -0.157. The van der Waals surface area contributed by atoms with Crippen LogP contribution >= 0.6 is 0 Å².